The zero-order chi connectivity index (χ0) is 15.2. The van der Waals surface area contributed by atoms with Crippen molar-refractivity contribution in [3.05, 3.63) is 28.2 Å². The first-order chi connectivity index (χ1) is 9.34. The molecule has 114 valence electrons. The lowest BCUT2D eigenvalue weighted by Crippen LogP contribution is -2.41. The van der Waals surface area contributed by atoms with Gasteiger partial charge in [-0.15, -0.1) is 0 Å². The summed E-state index contributed by atoms with van der Waals surface area (Å²) in [7, 11) is 0. The van der Waals surface area contributed by atoms with Gasteiger partial charge in [0.05, 0.1) is 15.6 Å². The highest BCUT2D eigenvalue weighted by Crippen LogP contribution is 2.26. The molecule has 0 aliphatic heterocycles. The molecular formula is C14H21Cl2NO3. The Morgan fingerprint density at radius 2 is 2.05 bits per heavy atom. The highest BCUT2D eigenvalue weighted by atomic mass is 35.5. The normalized spacial score (nSPS) is 15.7. The predicted molar refractivity (Wildman–Crippen MR) is 81.7 cm³/mol. The Bertz CT molecular complexity index is 427. The van der Waals surface area contributed by atoms with Crippen LogP contribution in [0.2, 0.25) is 10.0 Å². The second-order valence-corrected chi connectivity index (χ2v) is 5.84. The van der Waals surface area contributed by atoms with E-state index in [0.717, 1.165) is 0 Å². The van der Waals surface area contributed by atoms with E-state index in [4.69, 9.17) is 27.9 Å². The maximum Gasteiger partial charge on any atom is 0.121 e. The Hall–Kier alpha value is -0.520. The van der Waals surface area contributed by atoms with Crippen molar-refractivity contribution in [2.45, 2.75) is 32.0 Å². The molecule has 0 radical (unpaired) electrons. The Morgan fingerprint density at radius 1 is 1.35 bits per heavy atom. The van der Waals surface area contributed by atoms with E-state index in [2.05, 4.69) is 5.32 Å². The number of hydrogen-bond acceptors (Lipinski definition) is 4. The molecule has 1 aromatic rings. The first kappa shape index (κ1) is 17.5. The molecule has 6 heteroatoms. The number of aliphatic hydroxyl groups excluding tert-OH is 1. The second-order valence-electron chi connectivity index (χ2n) is 5.02. The fraction of sp³-hybridized carbons (Fsp3) is 0.571. The minimum Gasteiger partial charge on any atom is -0.491 e. The minimum absolute atomic E-state index is 0.138. The van der Waals surface area contributed by atoms with Gasteiger partial charge >= 0.3 is 0 Å². The Kier molecular flexibility index (Phi) is 7.06. The number of benzene rings is 1. The summed E-state index contributed by atoms with van der Waals surface area (Å²) < 4.78 is 5.42. The molecule has 3 N–H and O–H groups in total. The van der Waals surface area contributed by atoms with Gasteiger partial charge < -0.3 is 20.3 Å². The number of hydrogen-bond donors (Lipinski definition) is 3. The largest absolute Gasteiger partial charge is 0.491 e. The fourth-order valence-electron chi connectivity index (χ4n) is 1.45. The van der Waals surface area contributed by atoms with Crippen LogP contribution in [0.25, 0.3) is 0 Å². The predicted octanol–water partition coefficient (Wildman–Crippen LogP) is 2.48. The summed E-state index contributed by atoms with van der Waals surface area (Å²) >= 11 is 11.7. The average molecular weight is 322 g/mol. The number of ether oxygens (including phenoxy) is 1. The molecule has 1 aromatic carbocycles. The van der Waals surface area contributed by atoms with Crippen LogP contribution in [0, 0.1) is 0 Å². The van der Waals surface area contributed by atoms with Gasteiger partial charge in [-0.05, 0) is 25.5 Å². The third kappa shape index (κ3) is 6.29. The summed E-state index contributed by atoms with van der Waals surface area (Å²) in [6.07, 6.45) is -0.0207. The average Bonchev–Trinajstić information content (AvgIpc) is 2.40. The van der Waals surface area contributed by atoms with Gasteiger partial charge in [-0.3, -0.25) is 0 Å². The Balaban J connectivity index is 2.29. The van der Waals surface area contributed by atoms with Crippen molar-refractivity contribution >= 4 is 23.2 Å². The van der Waals surface area contributed by atoms with Crippen LogP contribution in [-0.2, 0) is 0 Å². The van der Waals surface area contributed by atoms with Gasteiger partial charge in [0.15, 0.2) is 0 Å². The van der Waals surface area contributed by atoms with Gasteiger partial charge in [-0.25, -0.2) is 0 Å². The summed E-state index contributed by atoms with van der Waals surface area (Å²) in [5.41, 5.74) is -0.760. The van der Waals surface area contributed by atoms with E-state index in [1.807, 2.05) is 6.92 Å². The van der Waals surface area contributed by atoms with Crippen LogP contribution in [0.1, 0.15) is 20.3 Å². The number of rotatable bonds is 8. The summed E-state index contributed by atoms with van der Waals surface area (Å²) in [6, 6.07) is 4.93. The van der Waals surface area contributed by atoms with Crippen LogP contribution < -0.4 is 10.1 Å². The monoisotopic (exact) mass is 321 g/mol. The number of nitrogens with one attached hydrogen (secondary N) is 1. The molecule has 0 saturated heterocycles. The van der Waals surface area contributed by atoms with Crippen molar-refractivity contribution in [2.24, 2.45) is 0 Å². The van der Waals surface area contributed by atoms with Crippen LogP contribution in [0.4, 0.5) is 0 Å². The van der Waals surface area contributed by atoms with Crippen LogP contribution in [0.5, 0.6) is 5.75 Å². The van der Waals surface area contributed by atoms with Crippen LogP contribution >= 0.6 is 23.2 Å². The molecular weight excluding hydrogens is 301 g/mol. The molecule has 0 aromatic heterocycles. The lowest BCUT2D eigenvalue weighted by molar-refractivity contribution is 0.0476. The molecule has 1 rings (SSSR count). The highest BCUT2D eigenvalue weighted by molar-refractivity contribution is 6.42. The van der Waals surface area contributed by atoms with E-state index in [1.54, 1.807) is 25.1 Å². The maximum absolute atomic E-state index is 9.80. The SMILES string of the molecule is CCC(C)(O)CNCC(O)COc1ccc(Cl)c(Cl)c1. The first-order valence-corrected chi connectivity index (χ1v) is 7.28. The highest BCUT2D eigenvalue weighted by Gasteiger charge is 2.17. The summed E-state index contributed by atoms with van der Waals surface area (Å²) in [5, 5.41) is 23.5. The van der Waals surface area contributed by atoms with Gasteiger partial charge in [0.1, 0.15) is 18.5 Å². The van der Waals surface area contributed by atoms with Crippen molar-refractivity contribution in [3.63, 3.8) is 0 Å². The molecule has 20 heavy (non-hydrogen) atoms. The van der Waals surface area contributed by atoms with Crippen molar-refractivity contribution in [1.82, 2.24) is 5.32 Å². The van der Waals surface area contributed by atoms with Gasteiger partial charge in [0.25, 0.3) is 0 Å². The van der Waals surface area contributed by atoms with Gasteiger partial charge in [-0.1, -0.05) is 30.1 Å². The molecule has 2 atom stereocenters. The van der Waals surface area contributed by atoms with Gasteiger partial charge in [0.2, 0.25) is 0 Å². The van der Waals surface area contributed by atoms with Crippen molar-refractivity contribution in [2.75, 3.05) is 19.7 Å². The van der Waals surface area contributed by atoms with E-state index in [0.29, 0.717) is 35.3 Å². The van der Waals surface area contributed by atoms with E-state index in [-0.39, 0.29) is 6.61 Å². The maximum atomic E-state index is 9.80. The van der Waals surface area contributed by atoms with Crippen LogP contribution in [-0.4, -0.2) is 41.6 Å². The number of halogens is 2. The lowest BCUT2D eigenvalue weighted by Gasteiger charge is -2.22. The molecule has 0 saturated carbocycles. The topological polar surface area (TPSA) is 61.7 Å². The van der Waals surface area contributed by atoms with Crippen molar-refractivity contribution in [1.29, 1.82) is 0 Å². The fourth-order valence-corrected chi connectivity index (χ4v) is 1.74. The third-order valence-corrected chi connectivity index (χ3v) is 3.72. The number of aliphatic hydroxyl groups is 2. The Labute approximate surface area is 129 Å². The zero-order valence-corrected chi connectivity index (χ0v) is 13.2. The summed E-state index contributed by atoms with van der Waals surface area (Å²) in [4.78, 5) is 0. The molecule has 2 unspecified atom stereocenters. The van der Waals surface area contributed by atoms with E-state index in [1.165, 1.54) is 0 Å². The first-order valence-electron chi connectivity index (χ1n) is 6.53. The molecule has 4 nitrogen and oxygen atoms in total. The van der Waals surface area contributed by atoms with Crippen molar-refractivity contribution in [3.8, 4) is 5.75 Å². The zero-order valence-electron chi connectivity index (χ0n) is 11.7. The summed E-state index contributed by atoms with van der Waals surface area (Å²) in [6.45, 7) is 4.56. The standard InChI is InChI=1S/C14H21Cl2NO3/c1-3-14(2,19)9-17-7-10(18)8-20-11-4-5-12(15)13(16)6-11/h4-6,10,17-19H,3,7-9H2,1-2H3. The molecule has 0 amide bonds. The van der Waals surface area contributed by atoms with E-state index >= 15 is 0 Å². The molecule has 0 bridgehead atoms. The van der Waals surface area contributed by atoms with Gasteiger partial charge in [0, 0.05) is 19.2 Å². The smallest absolute Gasteiger partial charge is 0.121 e. The van der Waals surface area contributed by atoms with E-state index in [9.17, 15) is 10.2 Å². The molecule has 0 fully saturated rings. The molecule has 0 heterocycles. The third-order valence-electron chi connectivity index (χ3n) is 2.98. The minimum atomic E-state index is -0.760. The van der Waals surface area contributed by atoms with Crippen LogP contribution in [0.15, 0.2) is 18.2 Å². The Morgan fingerprint density at radius 3 is 2.65 bits per heavy atom. The quantitative estimate of drug-likeness (QED) is 0.688. The molecule has 0 spiro atoms. The molecule has 0 aliphatic carbocycles. The second kappa shape index (κ2) is 8.05. The summed E-state index contributed by atoms with van der Waals surface area (Å²) in [5.74, 6) is 0.555. The lowest BCUT2D eigenvalue weighted by atomic mass is 10.0. The van der Waals surface area contributed by atoms with Crippen molar-refractivity contribution < 1.29 is 14.9 Å². The van der Waals surface area contributed by atoms with Gasteiger partial charge in [-0.2, -0.15) is 0 Å². The van der Waals surface area contributed by atoms with Crippen LogP contribution in [0.3, 0.4) is 0 Å². The van der Waals surface area contributed by atoms with E-state index < -0.39 is 11.7 Å². The molecule has 0 aliphatic rings.